The fourth-order valence-electron chi connectivity index (χ4n) is 4.92. The van der Waals surface area contributed by atoms with Gasteiger partial charge in [-0.15, -0.1) is 0 Å². The van der Waals surface area contributed by atoms with Crippen molar-refractivity contribution in [2.75, 3.05) is 25.4 Å². The lowest BCUT2D eigenvalue weighted by Gasteiger charge is -2.57. The van der Waals surface area contributed by atoms with Gasteiger partial charge in [-0.05, 0) is 62.1 Å². The Morgan fingerprint density at radius 2 is 2.09 bits per heavy atom. The Labute approximate surface area is 139 Å². The number of allylic oxidation sites excluding steroid dienone is 1. The van der Waals surface area contributed by atoms with Crippen LogP contribution in [-0.4, -0.2) is 34.5 Å². The largest absolute Gasteiger partial charge is 0.368 e. The third-order valence-electron chi connectivity index (χ3n) is 6.69. The Bertz CT molecular complexity index is 614. The Balaban J connectivity index is 1.35. The van der Waals surface area contributed by atoms with Gasteiger partial charge in [0.1, 0.15) is 0 Å². The van der Waals surface area contributed by atoms with Crippen molar-refractivity contribution < 1.29 is 0 Å². The molecule has 4 nitrogen and oxygen atoms in total. The lowest BCUT2D eigenvalue weighted by molar-refractivity contribution is -0.0112. The van der Waals surface area contributed by atoms with E-state index in [4.69, 9.17) is 5.73 Å². The number of rotatable bonds is 3. The van der Waals surface area contributed by atoms with Crippen LogP contribution in [0.25, 0.3) is 0 Å². The Hall–Kier alpha value is -1.42. The molecule has 23 heavy (non-hydrogen) atoms. The van der Waals surface area contributed by atoms with Crippen LogP contribution < -0.4 is 5.73 Å². The molecular formula is C19H28N4. The zero-order chi connectivity index (χ0) is 16.0. The molecule has 0 aromatic carbocycles. The monoisotopic (exact) mass is 312 g/mol. The first-order valence-electron chi connectivity index (χ1n) is 9.03. The minimum absolute atomic E-state index is 0.402. The smallest absolute Gasteiger partial charge is 0.220 e. The molecule has 2 heterocycles. The average molecular weight is 312 g/mol. The second-order valence-corrected chi connectivity index (χ2v) is 8.21. The van der Waals surface area contributed by atoms with Gasteiger partial charge in [0, 0.05) is 24.4 Å². The average Bonchev–Trinajstić information content (AvgIpc) is 2.55. The van der Waals surface area contributed by atoms with E-state index >= 15 is 0 Å². The topological polar surface area (TPSA) is 55.0 Å². The van der Waals surface area contributed by atoms with E-state index in [9.17, 15) is 0 Å². The second kappa shape index (κ2) is 5.59. The van der Waals surface area contributed by atoms with Gasteiger partial charge in [0.2, 0.25) is 5.95 Å². The minimum atomic E-state index is 0.402. The number of aromatic nitrogens is 2. The number of likely N-dealkylation sites (tertiary alicyclic amines) is 1. The molecule has 5 rings (SSSR count). The van der Waals surface area contributed by atoms with Gasteiger partial charge in [-0.2, -0.15) is 0 Å². The maximum Gasteiger partial charge on any atom is 0.220 e. The summed E-state index contributed by atoms with van der Waals surface area (Å²) in [5.74, 6) is 2.71. The minimum Gasteiger partial charge on any atom is -0.368 e. The molecule has 3 aliphatic carbocycles. The standard InChI is InChI=1S/C19H28N4/c1-19(2)15-4-3-14(16(19)11-15)12-23-9-6-13(7-10-23)17-5-8-21-18(20)22-17/h3,5,8,13,15-16H,4,6-7,9-12H2,1-2H3,(H2,20,21,22)/t15-,16-/m0/s1. The van der Waals surface area contributed by atoms with E-state index < -0.39 is 0 Å². The van der Waals surface area contributed by atoms with Crippen molar-refractivity contribution in [3.8, 4) is 0 Å². The Morgan fingerprint density at radius 1 is 1.30 bits per heavy atom. The lowest BCUT2D eigenvalue weighted by atomic mass is 9.49. The molecule has 2 N–H and O–H groups in total. The quantitative estimate of drug-likeness (QED) is 0.871. The van der Waals surface area contributed by atoms with Crippen molar-refractivity contribution in [2.24, 2.45) is 17.3 Å². The highest BCUT2D eigenvalue weighted by Gasteiger charge is 2.51. The summed E-state index contributed by atoms with van der Waals surface area (Å²) in [6.07, 6.45) is 9.42. The summed E-state index contributed by atoms with van der Waals surface area (Å²) >= 11 is 0. The van der Waals surface area contributed by atoms with Gasteiger partial charge in [-0.25, -0.2) is 9.97 Å². The van der Waals surface area contributed by atoms with Crippen molar-refractivity contribution in [3.63, 3.8) is 0 Å². The highest BCUT2D eigenvalue weighted by Crippen LogP contribution is 2.59. The zero-order valence-corrected chi connectivity index (χ0v) is 14.3. The highest BCUT2D eigenvalue weighted by atomic mass is 15.1. The van der Waals surface area contributed by atoms with Crippen molar-refractivity contribution in [3.05, 3.63) is 29.6 Å². The summed E-state index contributed by atoms with van der Waals surface area (Å²) in [7, 11) is 0. The van der Waals surface area contributed by atoms with E-state index in [-0.39, 0.29) is 0 Å². The number of piperidine rings is 1. The highest BCUT2D eigenvalue weighted by molar-refractivity contribution is 5.25. The van der Waals surface area contributed by atoms with Gasteiger partial charge in [-0.3, -0.25) is 4.90 Å². The second-order valence-electron chi connectivity index (χ2n) is 8.21. The van der Waals surface area contributed by atoms with Crippen LogP contribution in [0.3, 0.4) is 0 Å². The Kier molecular flexibility index (Phi) is 3.67. The number of anilines is 1. The van der Waals surface area contributed by atoms with Gasteiger partial charge < -0.3 is 5.73 Å². The van der Waals surface area contributed by atoms with Crippen LogP contribution in [0, 0.1) is 17.3 Å². The van der Waals surface area contributed by atoms with E-state index in [2.05, 4.69) is 34.8 Å². The number of nitrogen functional groups attached to an aromatic ring is 1. The predicted octanol–water partition coefficient (Wildman–Crippen LogP) is 3.23. The van der Waals surface area contributed by atoms with E-state index in [0.29, 0.717) is 17.3 Å². The van der Waals surface area contributed by atoms with Gasteiger partial charge in [-0.1, -0.05) is 25.5 Å². The summed E-state index contributed by atoms with van der Waals surface area (Å²) in [5.41, 5.74) is 9.10. The molecule has 4 heteroatoms. The number of hydrogen-bond acceptors (Lipinski definition) is 4. The SMILES string of the molecule is CC1(C)[C@H]2CC=C(CN3CCC(c4ccnc(N)n4)CC3)[C@@H]1C2. The first-order chi connectivity index (χ1) is 11.0. The molecule has 0 radical (unpaired) electrons. The molecule has 1 saturated heterocycles. The molecule has 2 fully saturated rings. The molecule has 4 aliphatic rings. The molecule has 1 aromatic rings. The molecule has 124 valence electrons. The Morgan fingerprint density at radius 3 is 2.74 bits per heavy atom. The van der Waals surface area contributed by atoms with Gasteiger partial charge in [0.05, 0.1) is 0 Å². The maximum atomic E-state index is 5.72. The zero-order valence-electron chi connectivity index (χ0n) is 14.3. The summed E-state index contributed by atoms with van der Waals surface area (Å²) in [4.78, 5) is 11.1. The van der Waals surface area contributed by atoms with Crippen LogP contribution in [0.4, 0.5) is 5.95 Å². The fourth-order valence-corrected chi connectivity index (χ4v) is 4.92. The first-order valence-corrected chi connectivity index (χ1v) is 9.03. The molecule has 0 unspecified atom stereocenters. The van der Waals surface area contributed by atoms with Crippen molar-refractivity contribution in [2.45, 2.75) is 45.4 Å². The number of nitrogens with zero attached hydrogens (tertiary/aromatic N) is 3. The van der Waals surface area contributed by atoms with Crippen LogP contribution >= 0.6 is 0 Å². The van der Waals surface area contributed by atoms with Crippen molar-refractivity contribution in [1.82, 2.24) is 14.9 Å². The fraction of sp³-hybridized carbons (Fsp3) is 0.684. The lowest BCUT2D eigenvalue weighted by Crippen LogP contribution is -2.50. The van der Waals surface area contributed by atoms with Crippen molar-refractivity contribution >= 4 is 5.95 Å². The number of hydrogen-bond donors (Lipinski definition) is 1. The van der Waals surface area contributed by atoms with Gasteiger partial charge in [0.15, 0.2) is 0 Å². The third kappa shape index (κ3) is 2.67. The van der Waals surface area contributed by atoms with Crippen LogP contribution in [0.15, 0.2) is 23.9 Å². The predicted molar refractivity (Wildman–Crippen MR) is 92.9 cm³/mol. The number of nitrogens with two attached hydrogens (primary N) is 1. The summed E-state index contributed by atoms with van der Waals surface area (Å²) in [6, 6.07) is 2.03. The molecule has 1 saturated carbocycles. The van der Waals surface area contributed by atoms with E-state index in [0.717, 1.165) is 17.5 Å². The summed E-state index contributed by atoms with van der Waals surface area (Å²) < 4.78 is 0. The van der Waals surface area contributed by atoms with Crippen LogP contribution in [0.2, 0.25) is 0 Å². The number of fused-ring (bicyclic) bond motifs is 1. The van der Waals surface area contributed by atoms with Gasteiger partial charge >= 0.3 is 0 Å². The normalized spacial score (nSPS) is 30.6. The molecule has 0 amide bonds. The molecule has 2 bridgehead atoms. The molecule has 0 spiro atoms. The van der Waals surface area contributed by atoms with Gasteiger partial charge in [0.25, 0.3) is 0 Å². The van der Waals surface area contributed by atoms with Crippen molar-refractivity contribution in [1.29, 1.82) is 0 Å². The summed E-state index contributed by atoms with van der Waals surface area (Å²) in [6.45, 7) is 8.44. The van der Waals surface area contributed by atoms with E-state index in [1.165, 1.54) is 45.3 Å². The molecular weight excluding hydrogens is 284 g/mol. The van der Waals surface area contributed by atoms with Crippen LogP contribution in [0.1, 0.15) is 51.1 Å². The molecule has 1 aliphatic heterocycles. The van der Waals surface area contributed by atoms with Crippen LogP contribution in [-0.2, 0) is 0 Å². The summed E-state index contributed by atoms with van der Waals surface area (Å²) in [5, 5.41) is 0. The molecule has 2 atom stereocenters. The van der Waals surface area contributed by atoms with E-state index in [1.54, 1.807) is 11.8 Å². The van der Waals surface area contributed by atoms with E-state index in [1.807, 2.05) is 6.07 Å². The van der Waals surface area contributed by atoms with Crippen LogP contribution in [0.5, 0.6) is 0 Å². The first kappa shape index (κ1) is 15.1. The molecule has 1 aromatic heterocycles. The maximum absolute atomic E-state index is 5.72. The third-order valence-corrected chi connectivity index (χ3v) is 6.69.